The molecule has 0 radical (unpaired) electrons. The predicted molar refractivity (Wildman–Crippen MR) is 143 cm³/mol. The first-order valence-electron chi connectivity index (χ1n) is 12.1. The van der Waals surface area contributed by atoms with Crippen molar-refractivity contribution in [2.45, 2.75) is 32.1 Å². The average Bonchev–Trinajstić information content (AvgIpc) is 2.89. The van der Waals surface area contributed by atoms with Crippen molar-refractivity contribution in [3.63, 3.8) is 0 Å². The maximum Gasteiger partial charge on any atom is 0.416 e. The van der Waals surface area contributed by atoms with Crippen molar-refractivity contribution < 1.29 is 31.2 Å². The quantitative estimate of drug-likeness (QED) is 0.403. The molecule has 1 N–H and O–H groups in total. The molecular weight excluding hydrogens is 531 g/mol. The van der Waals surface area contributed by atoms with Gasteiger partial charge in [-0.25, -0.2) is 8.42 Å². The lowest BCUT2D eigenvalue weighted by atomic mass is 10.0. The van der Waals surface area contributed by atoms with Crippen LogP contribution in [0.25, 0.3) is 0 Å². The Labute approximate surface area is 226 Å². The zero-order valence-corrected chi connectivity index (χ0v) is 22.6. The Kier molecular flexibility index (Phi) is 9.39. The monoisotopic (exact) mass is 561 g/mol. The van der Waals surface area contributed by atoms with Crippen LogP contribution in [0.2, 0.25) is 0 Å². The lowest BCUT2D eigenvalue weighted by molar-refractivity contribution is -0.139. The van der Waals surface area contributed by atoms with Gasteiger partial charge in [0.1, 0.15) is 12.6 Å². The maximum absolute atomic E-state index is 13.8. The van der Waals surface area contributed by atoms with E-state index >= 15 is 0 Å². The van der Waals surface area contributed by atoms with Gasteiger partial charge in [-0.2, -0.15) is 13.2 Å². The number of likely N-dealkylation sites (N-methyl/N-ethyl adjacent to an activating group) is 1. The standard InChI is InChI=1S/C28H30F3N3O4S/c1-20-10-7-8-13-22(20)18-33(25(27(36)32-2)16-21-11-5-4-6-12-21)26(35)19-34(39(3,37)38)24-15-9-14-23(17-24)28(29,30)31/h4-15,17,25H,16,18-19H2,1-3H3,(H,32,36). The van der Waals surface area contributed by atoms with Crippen LogP contribution in [-0.2, 0) is 38.8 Å². The van der Waals surface area contributed by atoms with Gasteiger partial charge in [0.25, 0.3) is 0 Å². The fourth-order valence-corrected chi connectivity index (χ4v) is 4.98. The highest BCUT2D eigenvalue weighted by Crippen LogP contribution is 2.32. The molecule has 3 rings (SSSR count). The SMILES string of the molecule is CNC(=O)C(Cc1ccccc1)N(Cc1ccccc1C)C(=O)CN(c1cccc(C(F)(F)F)c1)S(C)(=O)=O. The van der Waals surface area contributed by atoms with Crippen molar-refractivity contribution in [3.8, 4) is 0 Å². The molecule has 2 amide bonds. The Morgan fingerprint density at radius 1 is 0.949 bits per heavy atom. The molecule has 3 aromatic carbocycles. The first kappa shape index (κ1) is 29.7. The Bertz CT molecular complexity index is 1410. The summed E-state index contributed by atoms with van der Waals surface area (Å²) >= 11 is 0. The van der Waals surface area contributed by atoms with Crippen molar-refractivity contribution >= 4 is 27.5 Å². The van der Waals surface area contributed by atoms with Crippen molar-refractivity contribution in [1.82, 2.24) is 10.2 Å². The van der Waals surface area contributed by atoms with Gasteiger partial charge < -0.3 is 10.2 Å². The number of sulfonamides is 1. The second-order valence-electron chi connectivity index (χ2n) is 9.09. The summed E-state index contributed by atoms with van der Waals surface area (Å²) in [6, 6.07) is 19.0. The molecule has 0 saturated heterocycles. The minimum Gasteiger partial charge on any atom is -0.357 e. The predicted octanol–water partition coefficient (Wildman–Crippen LogP) is 4.17. The smallest absolute Gasteiger partial charge is 0.357 e. The normalized spacial score (nSPS) is 12.5. The second-order valence-corrected chi connectivity index (χ2v) is 11.0. The van der Waals surface area contributed by atoms with Gasteiger partial charge in [-0.15, -0.1) is 0 Å². The van der Waals surface area contributed by atoms with Crippen LogP contribution in [0.3, 0.4) is 0 Å². The summed E-state index contributed by atoms with van der Waals surface area (Å²) in [7, 11) is -2.75. The van der Waals surface area contributed by atoms with E-state index in [-0.39, 0.29) is 18.7 Å². The van der Waals surface area contributed by atoms with Crippen LogP contribution in [-0.4, -0.2) is 51.0 Å². The minimum absolute atomic E-state index is 0.0172. The van der Waals surface area contributed by atoms with E-state index in [1.165, 1.54) is 18.0 Å². The molecule has 1 atom stereocenters. The third kappa shape index (κ3) is 7.82. The molecule has 0 aliphatic heterocycles. The number of halogens is 3. The third-order valence-corrected chi connectivity index (χ3v) is 7.40. The summed E-state index contributed by atoms with van der Waals surface area (Å²) in [6.45, 7) is 1.03. The van der Waals surface area contributed by atoms with Crippen molar-refractivity contribution in [2.75, 3.05) is 24.2 Å². The van der Waals surface area contributed by atoms with Crippen LogP contribution >= 0.6 is 0 Å². The van der Waals surface area contributed by atoms with Gasteiger partial charge >= 0.3 is 6.18 Å². The van der Waals surface area contributed by atoms with Crippen LogP contribution < -0.4 is 9.62 Å². The topological polar surface area (TPSA) is 86.8 Å². The zero-order chi connectivity index (χ0) is 28.8. The third-order valence-electron chi connectivity index (χ3n) is 6.26. The van der Waals surface area contributed by atoms with Gasteiger partial charge in [0.2, 0.25) is 21.8 Å². The number of carbonyl (C=O) groups excluding carboxylic acids is 2. The van der Waals surface area contributed by atoms with Crippen molar-refractivity contribution in [1.29, 1.82) is 0 Å². The molecule has 0 aliphatic rings. The van der Waals surface area contributed by atoms with Crippen LogP contribution in [0.1, 0.15) is 22.3 Å². The molecule has 0 heterocycles. The van der Waals surface area contributed by atoms with Crippen LogP contribution in [0.15, 0.2) is 78.9 Å². The molecule has 0 aliphatic carbocycles. The van der Waals surface area contributed by atoms with E-state index in [0.29, 0.717) is 10.4 Å². The van der Waals surface area contributed by atoms with E-state index < -0.39 is 46.2 Å². The molecule has 0 aromatic heterocycles. The highest BCUT2D eigenvalue weighted by molar-refractivity contribution is 7.92. The van der Waals surface area contributed by atoms with E-state index in [4.69, 9.17) is 0 Å². The highest BCUT2D eigenvalue weighted by Gasteiger charge is 2.34. The maximum atomic E-state index is 13.8. The van der Waals surface area contributed by atoms with Crippen LogP contribution in [0.4, 0.5) is 18.9 Å². The number of nitrogens with one attached hydrogen (secondary N) is 1. The van der Waals surface area contributed by atoms with Gasteiger partial charge in [-0.3, -0.25) is 13.9 Å². The number of anilines is 1. The molecule has 208 valence electrons. The van der Waals surface area contributed by atoms with Crippen molar-refractivity contribution in [3.05, 3.63) is 101 Å². The molecule has 3 aromatic rings. The molecule has 7 nitrogen and oxygen atoms in total. The summed E-state index contributed by atoms with van der Waals surface area (Å²) in [5.41, 5.74) is 0.995. The fraction of sp³-hybridized carbons (Fsp3) is 0.286. The second kappa shape index (κ2) is 12.3. The number of benzene rings is 3. The van der Waals surface area contributed by atoms with E-state index in [1.54, 1.807) is 36.4 Å². The molecule has 0 bridgehead atoms. The fourth-order valence-electron chi connectivity index (χ4n) is 4.14. The molecule has 11 heteroatoms. The molecule has 0 fully saturated rings. The number of amides is 2. The number of nitrogens with zero attached hydrogens (tertiary/aromatic N) is 2. The number of hydrogen-bond donors (Lipinski definition) is 1. The van der Waals surface area contributed by atoms with Crippen LogP contribution in [0, 0.1) is 6.92 Å². The zero-order valence-electron chi connectivity index (χ0n) is 21.8. The van der Waals surface area contributed by atoms with Gasteiger partial charge in [-0.05, 0) is 41.8 Å². The number of aryl methyl sites for hydroxylation is 1. The number of rotatable bonds is 10. The number of hydrogen-bond acceptors (Lipinski definition) is 4. The molecule has 1 unspecified atom stereocenters. The Morgan fingerprint density at radius 3 is 2.18 bits per heavy atom. The Hall–Kier alpha value is -3.86. The number of alkyl halides is 3. The molecular formula is C28H30F3N3O4S. The molecule has 0 saturated carbocycles. The summed E-state index contributed by atoms with van der Waals surface area (Å²) in [5.74, 6) is -1.21. The van der Waals surface area contributed by atoms with Crippen molar-refractivity contribution in [2.24, 2.45) is 0 Å². The lowest BCUT2D eigenvalue weighted by Crippen LogP contribution is -2.53. The largest absolute Gasteiger partial charge is 0.416 e. The van der Waals surface area contributed by atoms with Crippen LogP contribution in [0.5, 0.6) is 0 Å². The average molecular weight is 562 g/mol. The molecule has 39 heavy (non-hydrogen) atoms. The highest BCUT2D eigenvalue weighted by atomic mass is 32.2. The van der Waals surface area contributed by atoms with Gasteiger partial charge in [0, 0.05) is 20.0 Å². The summed E-state index contributed by atoms with van der Waals surface area (Å²) in [5, 5.41) is 2.57. The van der Waals surface area contributed by atoms with E-state index in [1.807, 2.05) is 25.1 Å². The summed E-state index contributed by atoms with van der Waals surface area (Å²) < 4.78 is 66.1. The lowest BCUT2D eigenvalue weighted by Gasteiger charge is -2.33. The Morgan fingerprint density at radius 2 is 1.59 bits per heavy atom. The Balaban J connectivity index is 2.06. The van der Waals surface area contributed by atoms with Gasteiger partial charge in [-0.1, -0.05) is 60.7 Å². The number of carbonyl (C=O) groups is 2. The minimum atomic E-state index is -4.71. The first-order chi connectivity index (χ1) is 18.3. The van der Waals surface area contributed by atoms with E-state index in [2.05, 4.69) is 5.32 Å². The summed E-state index contributed by atoms with van der Waals surface area (Å²) in [4.78, 5) is 28.2. The van der Waals surface area contributed by atoms with E-state index in [9.17, 15) is 31.2 Å². The van der Waals surface area contributed by atoms with E-state index in [0.717, 1.165) is 35.1 Å². The summed E-state index contributed by atoms with van der Waals surface area (Å²) in [6.07, 6.45) is -3.76. The van der Waals surface area contributed by atoms with Gasteiger partial charge in [0.15, 0.2) is 0 Å². The van der Waals surface area contributed by atoms with Gasteiger partial charge in [0.05, 0.1) is 17.5 Å². The molecule has 0 spiro atoms. The first-order valence-corrected chi connectivity index (χ1v) is 13.9.